The number of aromatic nitrogens is 1. The molecule has 3 aromatic rings. The highest BCUT2D eigenvalue weighted by molar-refractivity contribution is 7.14. The molecule has 3 amide bonds. The SMILES string of the molecule is O=C(O)CNC(=O)Nc1cccc(C(=O)Nc2nc(-c3ccc4c(c3)OCCO4)cs2)c1. The van der Waals surface area contributed by atoms with Gasteiger partial charge in [-0.2, -0.15) is 0 Å². The number of aliphatic carboxylic acids is 1. The van der Waals surface area contributed by atoms with Gasteiger partial charge in [-0.25, -0.2) is 9.78 Å². The van der Waals surface area contributed by atoms with Crippen molar-refractivity contribution < 1.29 is 29.0 Å². The van der Waals surface area contributed by atoms with Crippen molar-refractivity contribution in [1.82, 2.24) is 10.3 Å². The summed E-state index contributed by atoms with van der Waals surface area (Å²) in [6.45, 7) is 0.495. The fraction of sp³-hybridized carbons (Fsp3) is 0.143. The number of carbonyl (C=O) groups excluding carboxylic acids is 2. The van der Waals surface area contributed by atoms with Crippen molar-refractivity contribution in [1.29, 1.82) is 0 Å². The standard InChI is InChI=1S/C21H18N4O6S/c26-18(27)10-22-20(29)23-14-3-1-2-13(8-14)19(28)25-21-24-15(11-32-21)12-4-5-16-17(9-12)31-7-6-30-16/h1-5,8-9,11H,6-7,10H2,(H,26,27)(H2,22,23,29)(H,24,25,28). The topological polar surface area (TPSA) is 139 Å². The first-order valence-electron chi connectivity index (χ1n) is 9.51. The molecule has 2 aromatic carbocycles. The number of ether oxygens (including phenoxy) is 2. The summed E-state index contributed by atoms with van der Waals surface area (Å²) in [5, 5.41) is 18.2. The van der Waals surface area contributed by atoms with Crippen molar-refractivity contribution in [2.45, 2.75) is 0 Å². The highest BCUT2D eigenvalue weighted by atomic mass is 32.1. The summed E-state index contributed by atoms with van der Waals surface area (Å²) in [6, 6.07) is 11.1. The number of urea groups is 1. The Hall–Kier alpha value is -4.12. The Balaban J connectivity index is 1.41. The van der Waals surface area contributed by atoms with Crippen LogP contribution in [-0.2, 0) is 4.79 Å². The second kappa shape index (κ2) is 9.35. The number of fused-ring (bicyclic) bond motifs is 1. The minimum Gasteiger partial charge on any atom is -0.486 e. The molecule has 32 heavy (non-hydrogen) atoms. The number of amides is 3. The van der Waals surface area contributed by atoms with Crippen LogP contribution < -0.4 is 25.4 Å². The quantitative estimate of drug-likeness (QED) is 0.449. The zero-order chi connectivity index (χ0) is 22.5. The van der Waals surface area contributed by atoms with Gasteiger partial charge in [-0.05, 0) is 36.4 Å². The van der Waals surface area contributed by atoms with E-state index in [-0.39, 0.29) is 0 Å². The number of hydrogen-bond acceptors (Lipinski definition) is 7. The van der Waals surface area contributed by atoms with Crippen LogP contribution in [0.15, 0.2) is 47.8 Å². The summed E-state index contributed by atoms with van der Waals surface area (Å²) in [7, 11) is 0. The second-order valence-corrected chi connectivity index (χ2v) is 7.49. The molecule has 164 valence electrons. The number of nitrogens with zero attached hydrogens (tertiary/aromatic N) is 1. The van der Waals surface area contributed by atoms with E-state index in [0.29, 0.717) is 46.8 Å². The average molecular weight is 454 g/mol. The lowest BCUT2D eigenvalue weighted by molar-refractivity contribution is -0.135. The Kier molecular flexibility index (Phi) is 6.17. The van der Waals surface area contributed by atoms with Crippen molar-refractivity contribution >= 4 is 40.1 Å². The molecular formula is C21H18N4O6S. The Bertz CT molecular complexity index is 1180. The molecule has 4 N–H and O–H groups in total. The fourth-order valence-corrected chi connectivity index (χ4v) is 3.62. The minimum atomic E-state index is -1.16. The van der Waals surface area contributed by atoms with Crippen molar-refractivity contribution in [2.24, 2.45) is 0 Å². The van der Waals surface area contributed by atoms with Gasteiger partial charge >= 0.3 is 12.0 Å². The predicted octanol–water partition coefficient (Wildman–Crippen LogP) is 3.04. The lowest BCUT2D eigenvalue weighted by atomic mass is 10.1. The number of benzene rings is 2. The van der Waals surface area contributed by atoms with Gasteiger partial charge < -0.3 is 25.2 Å². The van der Waals surface area contributed by atoms with Crippen molar-refractivity contribution in [2.75, 3.05) is 30.4 Å². The summed E-state index contributed by atoms with van der Waals surface area (Å²) in [6.07, 6.45) is 0. The molecule has 0 radical (unpaired) electrons. The second-order valence-electron chi connectivity index (χ2n) is 6.63. The van der Waals surface area contributed by atoms with E-state index in [4.69, 9.17) is 14.6 Å². The molecule has 0 atom stereocenters. The molecule has 0 aliphatic carbocycles. The van der Waals surface area contributed by atoms with E-state index < -0.39 is 24.5 Å². The molecule has 0 saturated heterocycles. The summed E-state index contributed by atoms with van der Waals surface area (Å²) in [4.78, 5) is 39.3. The first-order chi connectivity index (χ1) is 15.5. The Morgan fingerprint density at radius 1 is 1.03 bits per heavy atom. The van der Waals surface area contributed by atoms with Gasteiger partial charge in [-0.3, -0.25) is 14.9 Å². The molecule has 1 aromatic heterocycles. The maximum absolute atomic E-state index is 12.6. The van der Waals surface area contributed by atoms with E-state index in [1.165, 1.54) is 17.4 Å². The van der Waals surface area contributed by atoms with Gasteiger partial charge in [-0.15, -0.1) is 11.3 Å². The van der Waals surface area contributed by atoms with E-state index in [9.17, 15) is 14.4 Å². The van der Waals surface area contributed by atoms with E-state index >= 15 is 0 Å². The molecule has 11 heteroatoms. The largest absolute Gasteiger partial charge is 0.486 e. The van der Waals surface area contributed by atoms with Crippen molar-refractivity contribution in [3.05, 3.63) is 53.4 Å². The number of thiazole rings is 1. The first-order valence-corrected chi connectivity index (χ1v) is 10.4. The zero-order valence-electron chi connectivity index (χ0n) is 16.6. The molecule has 2 heterocycles. The normalized spacial score (nSPS) is 12.0. The van der Waals surface area contributed by atoms with Gasteiger partial charge in [0.15, 0.2) is 16.6 Å². The molecular weight excluding hydrogens is 436 g/mol. The molecule has 10 nitrogen and oxygen atoms in total. The van der Waals surface area contributed by atoms with Crippen LogP contribution in [0.1, 0.15) is 10.4 Å². The Labute approximate surface area is 186 Å². The fourth-order valence-electron chi connectivity index (χ4n) is 2.91. The average Bonchev–Trinajstić information content (AvgIpc) is 3.26. The number of carboxylic acids is 1. The van der Waals surface area contributed by atoms with Gasteiger partial charge in [-0.1, -0.05) is 6.07 Å². The van der Waals surface area contributed by atoms with E-state index in [1.807, 2.05) is 23.6 Å². The number of carbonyl (C=O) groups is 3. The van der Waals surface area contributed by atoms with Crippen LogP contribution in [0, 0.1) is 0 Å². The molecule has 1 aliphatic heterocycles. The third kappa shape index (κ3) is 5.13. The van der Waals surface area contributed by atoms with Crippen LogP contribution in [0.3, 0.4) is 0 Å². The minimum absolute atomic E-state index is 0.303. The summed E-state index contributed by atoms with van der Waals surface area (Å²) in [5.74, 6) is -0.215. The monoisotopic (exact) mass is 454 g/mol. The van der Waals surface area contributed by atoms with E-state index in [1.54, 1.807) is 18.2 Å². The molecule has 0 bridgehead atoms. The van der Waals surface area contributed by atoms with Gasteiger partial charge in [0.2, 0.25) is 0 Å². The van der Waals surface area contributed by atoms with Gasteiger partial charge in [0.25, 0.3) is 5.91 Å². The Morgan fingerprint density at radius 3 is 2.66 bits per heavy atom. The van der Waals surface area contributed by atoms with Crippen LogP contribution >= 0.6 is 11.3 Å². The maximum Gasteiger partial charge on any atom is 0.323 e. The van der Waals surface area contributed by atoms with Crippen LogP contribution in [0.5, 0.6) is 11.5 Å². The smallest absolute Gasteiger partial charge is 0.323 e. The zero-order valence-corrected chi connectivity index (χ0v) is 17.4. The van der Waals surface area contributed by atoms with E-state index in [0.717, 1.165) is 5.56 Å². The van der Waals surface area contributed by atoms with Gasteiger partial charge in [0.05, 0.1) is 5.69 Å². The van der Waals surface area contributed by atoms with Crippen LogP contribution in [-0.4, -0.2) is 47.8 Å². The van der Waals surface area contributed by atoms with Crippen LogP contribution in [0.25, 0.3) is 11.3 Å². The number of hydrogen-bond donors (Lipinski definition) is 4. The molecule has 0 spiro atoms. The summed E-state index contributed by atoms with van der Waals surface area (Å²) < 4.78 is 11.1. The van der Waals surface area contributed by atoms with Gasteiger partial charge in [0.1, 0.15) is 19.8 Å². The Morgan fingerprint density at radius 2 is 1.84 bits per heavy atom. The number of nitrogens with one attached hydrogen (secondary N) is 3. The number of rotatable bonds is 6. The van der Waals surface area contributed by atoms with Crippen molar-refractivity contribution in [3.8, 4) is 22.8 Å². The molecule has 0 saturated carbocycles. The maximum atomic E-state index is 12.6. The molecule has 4 rings (SSSR count). The number of carboxylic acid groups (broad SMARTS) is 1. The first kappa shape index (κ1) is 21.1. The third-order valence-corrected chi connectivity index (χ3v) is 5.10. The highest BCUT2D eigenvalue weighted by Crippen LogP contribution is 2.35. The third-order valence-electron chi connectivity index (χ3n) is 4.35. The summed E-state index contributed by atoms with van der Waals surface area (Å²) >= 11 is 1.28. The van der Waals surface area contributed by atoms with E-state index in [2.05, 4.69) is 20.9 Å². The molecule has 0 fully saturated rings. The van der Waals surface area contributed by atoms with Crippen LogP contribution in [0.4, 0.5) is 15.6 Å². The predicted molar refractivity (Wildman–Crippen MR) is 118 cm³/mol. The number of anilines is 2. The van der Waals surface area contributed by atoms with Crippen molar-refractivity contribution in [3.63, 3.8) is 0 Å². The lowest BCUT2D eigenvalue weighted by Gasteiger charge is -2.18. The molecule has 1 aliphatic rings. The lowest BCUT2D eigenvalue weighted by Crippen LogP contribution is -2.33. The van der Waals surface area contributed by atoms with Gasteiger partial charge in [0, 0.05) is 22.2 Å². The summed E-state index contributed by atoms with van der Waals surface area (Å²) in [5.41, 5.74) is 2.17. The van der Waals surface area contributed by atoms with Crippen LogP contribution in [0.2, 0.25) is 0 Å². The highest BCUT2D eigenvalue weighted by Gasteiger charge is 2.15. The molecule has 0 unspecified atom stereocenters.